The average Bonchev–Trinajstić information content (AvgIpc) is 2.61. The second-order valence-electron chi connectivity index (χ2n) is 7.53. The Morgan fingerprint density at radius 3 is 2.19 bits per heavy atom. The summed E-state index contributed by atoms with van der Waals surface area (Å²) in [6, 6.07) is 3.77. The van der Waals surface area contributed by atoms with Crippen LogP contribution in [0, 0.1) is 0 Å². The molecule has 0 aliphatic carbocycles. The van der Waals surface area contributed by atoms with Crippen LogP contribution < -0.4 is 9.47 Å². The number of benzene rings is 1. The van der Waals surface area contributed by atoms with Crippen molar-refractivity contribution in [2.75, 3.05) is 34.9 Å². The highest BCUT2D eigenvalue weighted by Crippen LogP contribution is 2.38. The first-order valence-electron chi connectivity index (χ1n) is 8.77. The van der Waals surface area contributed by atoms with E-state index in [1.54, 1.807) is 20.4 Å². The van der Waals surface area contributed by atoms with Crippen molar-refractivity contribution in [2.45, 2.75) is 45.5 Å². The average molecular weight is 400 g/mol. The molecule has 0 atom stereocenters. The number of hydrogen-bond acceptors (Lipinski definition) is 7. The Morgan fingerprint density at radius 1 is 1.00 bits per heavy atom. The number of rotatable bonds is 11. The standard InChI is InChI=1S/C19H33NO6Si/c1-19(2,3)27(7,8)26-12-15-9-10-17(24-13-21-4)16(11-20-23-6)18(15)25-14-22-5/h9-11H,12-14H2,1-8H3/b20-11+. The smallest absolute Gasteiger partial charge is 0.192 e. The van der Waals surface area contributed by atoms with Gasteiger partial charge in [-0.3, -0.25) is 0 Å². The van der Waals surface area contributed by atoms with Gasteiger partial charge < -0.3 is 28.2 Å². The fraction of sp³-hybridized carbons (Fsp3) is 0.632. The summed E-state index contributed by atoms with van der Waals surface area (Å²) < 4.78 is 27.9. The molecule has 0 bridgehead atoms. The first kappa shape index (κ1) is 23.4. The summed E-state index contributed by atoms with van der Waals surface area (Å²) in [5, 5.41) is 3.98. The van der Waals surface area contributed by atoms with Crippen molar-refractivity contribution in [2.24, 2.45) is 5.16 Å². The largest absolute Gasteiger partial charge is 0.467 e. The zero-order chi connectivity index (χ0) is 20.5. The molecule has 0 saturated heterocycles. The van der Waals surface area contributed by atoms with Crippen LogP contribution >= 0.6 is 0 Å². The van der Waals surface area contributed by atoms with Crippen LogP contribution in [0.5, 0.6) is 11.5 Å². The van der Waals surface area contributed by atoms with E-state index in [4.69, 9.17) is 28.2 Å². The van der Waals surface area contributed by atoms with E-state index in [0.29, 0.717) is 23.7 Å². The van der Waals surface area contributed by atoms with Crippen LogP contribution in [0.3, 0.4) is 0 Å². The Bertz CT molecular complexity index is 613. The molecule has 0 amide bonds. The lowest BCUT2D eigenvalue weighted by molar-refractivity contribution is 0.0448. The maximum Gasteiger partial charge on any atom is 0.192 e. The normalized spacial score (nSPS) is 12.4. The maximum absolute atomic E-state index is 6.36. The summed E-state index contributed by atoms with van der Waals surface area (Å²) >= 11 is 0. The molecule has 27 heavy (non-hydrogen) atoms. The third-order valence-corrected chi connectivity index (χ3v) is 9.05. The Kier molecular flexibility index (Phi) is 9.24. The molecule has 0 unspecified atom stereocenters. The number of ether oxygens (including phenoxy) is 4. The van der Waals surface area contributed by atoms with Gasteiger partial charge in [0.1, 0.15) is 18.6 Å². The molecule has 0 radical (unpaired) electrons. The minimum Gasteiger partial charge on any atom is -0.467 e. The number of hydrogen-bond donors (Lipinski definition) is 0. The van der Waals surface area contributed by atoms with Gasteiger partial charge in [0.15, 0.2) is 21.9 Å². The summed E-state index contributed by atoms with van der Waals surface area (Å²) in [7, 11) is 2.69. The van der Waals surface area contributed by atoms with Gasteiger partial charge in [0.2, 0.25) is 0 Å². The summed E-state index contributed by atoms with van der Waals surface area (Å²) in [5.74, 6) is 1.16. The molecule has 7 nitrogen and oxygen atoms in total. The molecular weight excluding hydrogens is 366 g/mol. The quantitative estimate of drug-likeness (QED) is 0.241. The molecular formula is C19H33NO6Si. The third kappa shape index (κ3) is 6.80. The summed E-state index contributed by atoms with van der Waals surface area (Å²) in [6.45, 7) is 11.7. The van der Waals surface area contributed by atoms with Crippen molar-refractivity contribution >= 4 is 14.5 Å². The van der Waals surface area contributed by atoms with E-state index in [0.717, 1.165) is 5.56 Å². The van der Waals surface area contributed by atoms with Gasteiger partial charge in [-0.2, -0.15) is 0 Å². The van der Waals surface area contributed by atoms with Crippen LogP contribution in [0.25, 0.3) is 0 Å². The van der Waals surface area contributed by atoms with E-state index >= 15 is 0 Å². The molecule has 1 rings (SSSR count). The van der Waals surface area contributed by atoms with Gasteiger partial charge in [0.05, 0.1) is 18.4 Å². The van der Waals surface area contributed by atoms with E-state index in [9.17, 15) is 0 Å². The van der Waals surface area contributed by atoms with Crippen molar-refractivity contribution in [1.29, 1.82) is 0 Å². The van der Waals surface area contributed by atoms with Gasteiger partial charge in [-0.25, -0.2) is 0 Å². The molecule has 0 aliphatic rings. The maximum atomic E-state index is 6.36. The van der Waals surface area contributed by atoms with Gasteiger partial charge in [0, 0.05) is 19.8 Å². The fourth-order valence-electron chi connectivity index (χ4n) is 1.98. The van der Waals surface area contributed by atoms with E-state index in [1.165, 1.54) is 7.11 Å². The van der Waals surface area contributed by atoms with Crippen molar-refractivity contribution < 1.29 is 28.2 Å². The zero-order valence-electron chi connectivity index (χ0n) is 17.8. The first-order valence-corrected chi connectivity index (χ1v) is 11.7. The van der Waals surface area contributed by atoms with Crippen LogP contribution in [0.1, 0.15) is 31.9 Å². The molecule has 0 fully saturated rings. The highest BCUT2D eigenvalue weighted by atomic mass is 28.4. The van der Waals surface area contributed by atoms with Crippen molar-refractivity contribution in [3.63, 3.8) is 0 Å². The Hall–Kier alpha value is -1.61. The van der Waals surface area contributed by atoms with Gasteiger partial charge in [-0.1, -0.05) is 25.9 Å². The highest BCUT2D eigenvalue weighted by molar-refractivity contribution is 6.74. The second-order valence-corrected chi connectivity index (χ2v) is 12.3. The van der Waals surface area contributed by atoms with E-state index in [-0.39, 0.29) is 18.6 Å². The highest BCUT2D eigenvalue weighted by Gasteiger charge is 2.37. The fourth-order valence-corrected chi connectivity index (χ4v) is 2.93. The SMILES string of the molecule is COCOc1ccc(CO[Si](C)(C)C(C)(C)C)c(OCOC)c1/C=N/OC. The first-order chi connectivity index (χ1) is 12.7. The molecule has 0 spiro atoms. The Labute approximate surface area is 163 Å². The molecule has 0 saturated carbocycles. The molecule has 8 heteroatoms. The third-order valence-electron chi connectivity index (χ3n) is 4.57. The Balaban J connectivity index is 3.27. The zero-order valence-corrected chi connectivity index (χ0v) is 18.8. The van der Waals surface area contributed by atoms with Crippen molar-refractivity contribution in [3.05, 3.63) is 23.3 Å². The summed E-state index contributed by atoms with van der Waals surface area (Å²) in [5.41, 5.74) is 1.53. The van der Waals surface area contributed by atoms with E-state index in [2.05, 4.69) is 39.0 Å². The lowest BCUT2D eigenvalue weighted by Crippen LogP contribution is -2.40. The molecule has 0 heterocycles. The Morgan fingerprint density at radius 2 is 1.63 bits per heavy atom. The van der Waals surface area contributed by atoms with Gasteiger partial charge in [-0.05, 0) is 30.3 Å². The molecule has 154 valence electrons. The van der Waals surface area contributed by atoms with Gasteiger partial charge in [0.25, 0.3) is 0 Å². The lowest BCUT2D eigenvalue weighted by atomic mass is 10.1. The second kappa shape index (κ2) is 10.7. The molecule has 0 aliphatic heterocycles. The van der Waals surface area contributed by atoms with Crippen molar-refractivity contribution in [3.8, 4) is 11.5 Å². The molecule has 0 N–H and O–H groups in total. The monoisotopic (exact) mass is 399 g/mol. The lowest BCUT2D eigenvalue weighted by Gasteiger charge is -2.36. The summed E-state index contributed by atoms with van der Waals surface area (Å²) in [4.78, 5) is 4.83. The minimum atomic E-state index is -1.92. The predicted octanol–water partition coefficient (Wildman–Crippen LogP) is 4.15. The predicted molar refractivity (Wildman–Crippen MR) is 108 cm³/mol. The molecule has 1 aromatic rings. The van der Waals surface area contributed by atoms with Crippen LogP contribution in [-0.2, 0) is 25.3 Å². The van der Waals surface area contributed by atoms with E-state index in [1.807, 2.05) is 12.1 Å². The van der Waals surface area contributed by atoms with Gasteiger partial charge in [-0.15, -0.1) is 0 Å². The minimum absolute atomic E-state index is 0.0919. The van der Waals surface area contributed by atoms with Crippen LogP contribution in [-0.4, -0.2) is 49.4 Å². The topological polar surface area (TPSA) is 67.7 Å². The van der Waals surface area contributed by atoms with Crippen LogP contribution in [0.15, 0.2) is 17.3 Å². The number of oxime groups is 1. The van der Waals surface area contributed by atoms with Crippen LogP contribution in [0.2, 0.25) is 18.1 Å². The van der Waals surface area contributed by atoms with E-state index < -0.39 is 8.32 Å². The molecule has 0 aromatic heterocycles. The number of nitrogens with zero attached hydrogens (tertiary/aromatic N) is 1. The van der Waals surface area contributed by atoms with Crippen LogP contribution in [0.4, 0.5) is 0 Å². The number of methoxy groups -OCH3 is 2. The molecule has 1 aromatic carbocycles. The van der Waals surface area contributed by atoms with Crippen molar-refractivity contribution in [1.82, 2.24) is 0 Å². The van der Waals surface area contributed by atoms with Gasteiger partial charge >= 0.3 is 0 Å². The summed E-state index contributed by atoms with van der Waals surface area (Å²) in [6.07, 6.45) is 1.55.